The van der Waals surface area contributed by atoms with Gasteiger partial charge in [-0.3, -0.25) is 14.5 Å². The molecule has 2 aliphatic rings. The number of nitrogens with one attached hydrogen (secondary N) is 1. The van der Waals surface area contributed by atoms with Crippen LogP contribution >= 0.6 is 0 Å². The lowest BCUT2D eigenvalue weighted by molar-refractivity contribution is -0.129. The van der Waals surface area contributed by atoms with Crippen LogP contribution in [0.25, 0.3) is 0 Å². The Bertz CT molecular complexity index is 680. The molecule has 0 spiro atoms. The summed E-state index contributed by atoms with van der Waals surface area (Å²) in [5.41, 5.74) is 1.85. The lowest BCUT2D eigenvalue weighted by atomic mass is 9.95. The third-order valence-corrected chi connectivity index (χ3v) is 6.20. The van der Waals surface area contributed by atoms with Gasteiger partial charge in [0.25, 0.3) is 5.91 Å². The molecule has 2 amide bonds. The van der Waals surface area contributed by atoms with Crippen LogP contribution in [0.15, 0.2) is 24.3 Å². The predicted molar refractivity (Wildman–Crippen MR) is 114 cm³/mol. The maximum atomic E-state index is 13.0. The molecule has 29 heavy (non-hydrogen) atoms. The lowest BCUT2D eigenvalue weighted by Crippen LogP contribution is -2.58. The van der Waals surface area contributed by atoms with E-state index in [2.05, 4.69) is 10.2 Å². The lowest BCUT2D eigenvalue weighted by Gasteiger charge is -2.40. The van der Waals surface area contributed by atoms with E-state index in [1.807, 2.05) is 36.1 Å². The number of benzene rings is 1. The number of aryl methyl sites for hydroxylation is 1. The summed E-state index contributed by atoms with van der Waals surface area (Å²) in [5, 5.41) is 3.12. The monoisotopic (exact) mass is 401 g/mol. The average Bonchev–Trinajstić information content (AvgIpc) is 3.26. The van der Waals surface area contributed by atoms with Crippen LogP contribution in [-0.4, -0.2) is 74.1 Å². The number of piperazine rings is 1. The molecule has 1 atom stereocenters. The number of methoxy groups -OCH3 is 1. The summed E-state index contributed by atoms with van der Waals surface area (Å²) < 4.78 is 5.08. The Kier molecular flexibility index (Phi) is 8.07. The smallest absolute Gasteiger partial charge is 0.253 e. The fraction of sp³-hybridized carbons (Fsp3) is 0.652. The first-order valence-corrected chi connectivity index (χ1v) is 11.0. The summed E-state index contributed by atoms with van der Waals surface area (Å²) in [4.78, 5) is 30.1. The molecule has 6 heteroatoms. The summed E-state index contributed by atoms with van der Waals surface area (Å²) in [5.74, 6) is 0.665. The second-order valence-electron chi connectivity index (χ2n) is 8.32. The van der Waals surface area contributed by atoms with Crippen LogP contribution in [0, 0.1) is 12.8 Å². The Morgan fingerprint density at radius 2 is 1.90 bits per heavy atom. The van der Waals surface area contributed by atoms with E-state index in [1.54, 1.807) is 7.11 Å². The van der Waals surface area contributed by atoms with Gasteiger partial charge in [0, 0.05) is 52.0 Å². The van der Waals surface area contributed by atoms with Crippen molar-refractivity contribution in [2.75, 3.05) is 46.4 Å². The third kappa shape index (κ3) is 5.80. The number of ether oxygens (including phenoxy) is 1. The largest absolute Gasteiger partial charge is 0.385 e. The molecule has 1 aromatic rings. The summed E-state index contributed by atoms with van der Waals surface area (Å²) in [6.45, 7) is 6.18. The average molecular weight is 402 g/mol. The van der Waals surface area contributed by atoms with Crippen LogP contribution < -0.4 is 5.32 Å². The molecule has 0 bridgehead atoms. The first kappa shape index (κ1) is 21.8. The van der Waals surface area contributed by atoms with Crippen molar-refractivity contribution >= 4 is 11.8 Å². The zero-order valence-electron chi connectivity index (χ0n) is 17.9. The molecule has 1 saturated carbocycles. The normalized spacial score (nSPS) is 19.3. The second-order valence-corrected chi connectivity index (χ2v) is 8.32. The van der Waals surface area contributed by atoms with Crippen molar-refractivity contribution in [3.05, 3.63) is 35.4 Å². The van der Waals surface area contributed by atoms with Crippen molar-refractivity contribution in [1.29, 1.82) is 0 Å². The molecule has 1 N–H and O–H groups in total. The van der Waals surface area contributed by atoms with Crippen molar-refractivity contribution in [2.45, 2.75) is 45.1 Å². The van der Waals surface area contributed by atoms with Crippen molar-refractivity contribution in [3.8, 4) is 0 Å². The number of carbonyl (C=O) groups excluding carboxylic acids is 2. The second kappa shape index (κ2) is 10.7. The standard InChI is InChI=1S/C23H35N3O3/c1-18-7-5-10-20(17-18)23(28)26-14-12-25(13-15-26)21(19-8-3-4-9-19)22(27)24-11-6-16-29-2/h5,7,10,17,19,21H,3-4,6,8-9,11-16H2,1-2H3,(H,24,27). The Labute approximate surface area is 174 Å². The van der Waals surface area contributed by atoms with E-state index in [0.717, 1.165) is 43.5 Å². The SMILES string of the molecule is COCCCNC(=O)C(C1CCCC1)N1CCN(C(=O)c2cccc(C)c2)CC1. The van der Waals surface area contributed by atoms with Gasteiger partial charge in [-0.2, -0.15) is 0 Å². The molecule has 1 aliphatic heterocycles. The molecule has 160 valence electrons. The van der Waals surface area contributed by atoms with E-state index in [-0.39, 0.29) is 17.9 Å². The molecular weight excluding hydrogens is 366 g/mol. The Hall–Kier alpha value is -1.92. The molecule has 1 unspecified atom stereocenters. The highest BCUT2D eigenvalue weighted by Crippen LogP contribution is 2.31. The van der Waals surface area contributed by atoms with Crippen molar-refractivity contribution in [3.63, 3.8) is 0 Å². The Balaban J connectivity index is 1.59. The minimum Gasteiger partial charge on any atom is -0.385 e. The number of amides is 2. The minimum absolute atomic E-state index is 0.0729. The Morgan fingerprint density at radius 1 is 1.17 bits per heavy atom. The summed E-state index contributed by atoms with van der Waals surface area (Å²) in [6.07, 6.45) is 5.50. The van der Waals surface area contributed by atoms with Crippen molar-refractivity contribution < 1.29 is 14.3 Å². The number of rotatable bonds is 8. The summed E-state index contributed by atoms with van der Waals surface area (Å²) in [7, 11) is 1.68. The fourth-order valence-electron chi connectivity index (χ4n) is 4.65. The van der Waals surface area contributed by atoms with Gasteiger partial charge >= 0.3 is 0 Å². The van der Waals surface area contributed by atoms with E-state index >= 15 is 0 Å². The van der Waals surface area contributed by atoms with E-state index in [4.69, 9.17) is 4.74 Å². The highest BCUT2D eigenvalue weighted by atomic mass is 16.5. The van der Waals surface area contributed by atoms with Gasteiger partial charge in [-0.25, -0.2) is 0 Å². The summed E-state index contributed by atoms with van der Waals surface area (Å²) in [6, 6.07) is 7.70. The molecule has 3 rings (SSSR count). The zero-order valence-corrected chi connectivity index (χ0v) is 17.9. The highest BCUT2D eigenvalue weighted by Gasteiger charge is 2.37. The van der Waals surface area contributed by atoms with Gasteiger partial charge in [0.1, 0.15) is 0 Å². The molecule has 0 aromatic heterocycles. The summed E-state index contributed by atoms with van der Waals surface area (Å²) >= 11 is 0. The molecular formula is C23H35N3O3. The molecule has 1 aliphatic carbocycles. The quantitative estimate of drug-likeness (QED) is 0.680. The van der Waals surface area contributed by atoms with Gasteiger partial charge in [-0.1, -0.05) is 30.5 Å². The van der Waals surface area contributed by atoms with Crippen LogP contribution in [0.1, 0.15) is 48.0 Å². The number of hydrogen-bond donors (Lipinski definition) is 1. The number of carbonyl (C=O) groups is 2. The van der Waals surface area contributed by atoms with Gasteiger partial charge in [-0.05, 0) is 44.2 Å². The van der Waals surface area contributed by atoms with Crippen LogP contribution in [0.4, 0.5) is 0 Å². The van der Waals surface area contributed by atoms with Crippen molar-refractivity contribution in [2.24, 2.45) is 5.92 Å². The fourth-order valence-corrected chi connectivity index (χ4v) is 4.65. The van der Waals surface area contributed by atoms with Gasteiger partial charge in [0.15, 0.2) is 0 Å². The zero-order chi connectivity index (χ0) is 20.6. The van der Waals surface area contributed by atoms with Gasteiger partial charge in [-0.15, -0.1) is 0 Å². The molecule has 1 heterocycles. The van der Waals surface area contributed by atoms with Gasteiger partial charge < -0.3 is 15.0 Å². The topological polar surface area (TPSA) is 61.9 Å². The Morgan fingerprint density at radius 3 is 2.55 bits per heavy atom. The minimum atomic E-state index is -0.0729. The predicted octanol–water partition coefficient (Wildman–Crippen LogP) is 2.46. The molecule has 0 radical (unpaired) electrons. The molecule has 1 aromatic carbocycles. The van der Waals surface area contributed by atoms with E-state index in [1.165, 1.54) is 12.8 Å². The number of nitrogens with zero attached hydrogens (tertiary/aromatic N) is 2. The van der Waals surface area contributed by atoms with Crippen LogP contribution in [0.5, 0.6) is 0 Å². The highest BCUT2D eigenvalue weighted by molar-refractivity contribution is 5.94. The third-order valence-electron chi connectivity index (χ3n) is 6.20. The molecule has 6 nitrogen and oxygen atoms in total. The van der Waals surface area contributed by atoms with Crippen LogP contribution in [-0.2, 0) is 9.53 Å². The molecule has 2 fully saturated rings. The van der Waals surface area contributed by atoms with Crippen LogP contribution in [0.2, 0.25) is 0 Å². The maximum absolute atomic E-state index is 13.0. The van der Waals surface area contributed by atoms with E-state index in [0.29, 0.717) is 32.2 Å². The van der Waals surface area contributed by atoms with E-state index in [9.17, 15) is 9.59 Å². The van der Waals surface area contributed by atoms with Crippen molar-refractivity contribution in [1.82, 2.24) is 15.1 Å². The van der Waals surface area contributed by atoms with Gasteiger partial charge in [0.2, 0.25) is 5.91 Å². The van der Waals surface area contributed by atoms with Gasteiger partial charge in [0.05, 0.1) is 6.04 Å². The maximum Gasteiger partial charge on any atom is 0.253 e. The first-order chi connectivity index (χ1) is 14.1. The number of hydrogen-bond acceptors (Lipinski definition) is 4. The van der Waals surface area contributed by atoms with Crippen LogP contribution in [0.3, 0.4) is 0 Å². The molecule has 1 saturated heterocycles. The first-order valence-electron chi connectivity index (χ1n) is 11.0. The van der Waals surface area contributed by atoms with E-state index < -0.39 is 0 Å².